The summed E-state index contributed by atoms with van der Waals surface area (Å²) in [5.74, 6) is 3.59. The van der Waals surface area contributed by atoms with Gasteiger partial charge in [0.1, 0.15) is 5.82 Å². The minimum atomic E-state index is 0.539. The molecular weight excluding hydrogens is 366 g/mol. The van der Waals surface area contributed by atoms with E-state index in [1.54, 1.807) is 11.3 Å². The molecule has 21 heavy (non-hydrogen) atoms. The molecule has 0 aliphatic carbocycles. The molecule has 0 atom stereocenters. The molecule has 0 spiro atoms. The van der Waals surface area contributed by atoms with Crippen LogP contribution in [0.5, 0.6) is 0 Å². The quantitative estimate of drug-likeness (QED) is 0.678. The molecule has 4 rings (SSSR count). The van der Waals surface area contributed by atoms with Gasteiger partial charge in [-0.15, -0.1) is 11.3 Å². The number of hydrogen-bond donors (Lipinski definition) is 1. The van der Waals surface area contributed by atoms with E-state index in [-0.39, 0.29) is 0 Å². The summed E-state index contributed by atoms with van der Waals surface area (Å²) in [7, 11) is 0. The van der Waals surface area contributed by atoms with Crippen molar-refractivity contribution >= 4 is 55.7 Å². The predicted molar refractivity (Wildman–Crippen MR) is 94.8 cm³/mol. The maximum atomic E-state index is 6.11. The van der Waals surface area contributed by atoms with E-state index in [1.165, 1.54) is 16.2 Å². The molecule has 1 aliphatic rings. The molecule has 0 unspecified atom stereocenters. The van der Waals surface area contributed by atoms with Gasteiger partial charge in [0, 0.05) is 20.5 Å². The van der Waals surface area contributed by atoms with E-state index in [1.807, 2.05) is 30.0 Å². The van der Waals surface area contributed by atoms with E-state index in [0.29, 0.717) is 5.82 Å². The average Bonchev–Trinajstić information content (AvgIpc) is 2.92. The molecule has 2 N–H and O–H groups in total. The van der Waals surface area contributed by atoms with Crippen molar-refractivity contribution in [2.24, 2.45) is 0 Å². The number of hydrogen-bond acceptors (Lipinski definition) is 5. The Morgan fingerprint density at radius 2 is 2.10 bits per heavy atom. The summed E-state index contributed by atoms with van der Waals surface area (Å²) in [5.41, 5.74) is 8.44. The second-order valence-corrected chi connectivity index (χ2v) is 8.11. The van der Waals surface area contributed by atoms with Crippen molar-refractivity contribution in [1.82, 2.24) is 9.97 Å². The Balaban J connectivity index is 1.86. The van der Waals surface area contributed by atoms with Crippen molar-refractivity contribution in [3.63, 3.8) is 0 Å². The number of benzene rings is 1. The van der Waals surface area contributed by atoms with Gasteiger partial charge in [-0.2, -0.15) is 11.8 Å². The first kappa shape index (κ1) is 13.5. The van der Waals surface area contributed by atoms with Crippen LogP contribution >= 0.6 is 39.0 Å². The molecule has 1 aromatic carbocycles. The number of rotatable bonds is 1. The fourth-order valence-electron chi connectivity index (χ4n) is 2.49. The van der Waals surface area contributed by atoms with E-state index in [2.05, 4.69) is 32.0 Å². The minimum absolute atomic E-state index is 0.539. The van der Waals surface area contributed by atoms with Gasteiger partial charge in [0.2, 0.25) is 0 Å². The number of aromatic nitrogens is 2. The van der Waals surface area contributed by atoms with Crippen LogP contribution in [0.3, 0.4) is 0 Å². The minimum Gasteiger partial charge on any atom is -0.383 e. The first-order valence-corrected chi connectivity index (χ1v) is 9.39. The Labute approximate surface area is 139 Å². The van der Waals surface area contributed by atoms with E-state index >= 15 is 0 Å². The number of fused-ring (bicyclic) bond motifs is 2. The topological polar surface area (TPSA) is 51.8 Å². The van der Waals surface area contributed by atoms with Crippen molar-refractivity contribution in [2.45, 2.75) is 12.2 Å². The second kappa shape index (κ2) is 5.26. The lowest BCUT2D eigenvalue weighted by Crippen LogP contribution is -1.97. The van der Waals surface area contributed by atoms with Crippen molar-refractivity contribution < 1.29 is 0 Å². The third-order valence-corrected chi connectivity index (χ3v) is 6.27. The fraction of sp³-hybridized carbons (Fsp3) is 0.200. The molecule has 2 aromatic heterocycles. The number of nitrogens with two attached hydrogens (primary N) is 1. The van der Waals surface area contributed by atoms with Crippen LogP contribution in [0.4, 0.5) is 5.82 Å². The van der Waals surface area contributed by atoms with Crippen molar-refractivity contribution in [3.05, 3.63) is 39.2 Å². The van der Waals surface area contributed by atoms with Gasteiger partial charge in [-0.1, -0.05) is 15.9 Å². The second-order valence-electron chi connectivity index (χ2n) is 4.96. The Hall–Kier alpha value is -1.11. The highest BCUT2D eigenvalue weighted by Crippen LogP contribution is 2.36. The monoisotopic (exact) mass is 377 g/mol. The summed E-state index contributed by atoms with van der Waals surface area (Å²) in [6, 6.07) is 8.15. The van der Waals surface area contributed by atoms with Crippen LogP contribution in [0.1, 0.15) is 10.4 Å². The van der Waals surface area contributed by atoms with Gasteiger partial charge in [-0.05, 0) is 42.0 Å². The zero-order valence-corrected chi connectivity index (χ0v) is 14.3. The van der Waals surface area contributed by atoms with E-state index in [0.717, 1.165) is 38.3 Å². The number of aryl methyl sites for hydroxylation is 1. The van der Waals surface area contributed by atoms with Crippen LogP contribution in [0.15, 0.2) is 28.7 Å². The van der Waals surface area contributed by atoms with Crippen molar-refractivity contribution in [2.75, 3.05) is 11.5 Å². The first-order chi connectivity index (χ1) is 10.2. The third-order valence-electron chi connectivity index (χ3n) is 3.54. The lowest BCUT2D eigenvalue weighted by Gasteiger charge is -2.08. The lowest BCUT2D eigenvalue weighted by molar-refractivity contribution is 1.13. The number of thioether (sulfide) groups is 1. The van der Waals surface area contributed by atoms with Gasteiger partial charge in [0.05, 0.1) is 10.4 Å². The van der Waals surface area contributed by atoms with E-state index in [4.69, 9.17) is 5.73 Å². The normalized spacial score (nSPS) is 14.3. The molecule has 106 valence electrons. The SMILES string of the molecule is Nc1nc(-c2cc3c(s2)CCSC3)nc2ccc(Br)cc12. The number of halogens is 1. The van der Waals surface area contributed by atoms with Crippen molar-refractivity contribution in [3.8, 4) is 10.7 Å². The molecule has 3 aromatic rings. The molecule has 0 bridgehead atoms. The molecule has 3 heterocycles. The van der Waals surface area contributed by atoms with Crippen LogP contribution < -0.4 is 5.73 Å². The number of thiophene rings is 1. The smallest absolute Gasteiger partial charge is 0.172 e. The summed E-state index contributed by atoms with van der Waals surface area (Å²) in [6.45, 7) is 0. The summed E-state index contributed by atoms with van der Waals surface area (Å²) in [6.07, 6.45) is 1.15. The molecular formula is C15H12BrN3S2. The summed E-state index contributed by atoms with van der Waals surface area (Å²) < 4.78 is 0.988. The van der Waals surface area contributed by atoms with Crippen LogP contribution in [0.2, 0.25) is 0 Å². The molecule has 0 radical (unpaired) electrons. The van der Waals surface area contributed by atoms with E-state index in [9.17, 15) is 0 Å². The predicted octanol–water partition coefficient (Wildman–Crippen LogP) is 4.49. The highest BCUT2D eigenvalue weighted by atomic mass is 79.9. The Kier molecular flexibility index (Phi) is 3.40. The largest absolute Gasteiger partial charge is 0.383 e. The molecule has 0 fully saturated rings. The zero-order valence-electron chi connectivity index (χ0n) is 11.1. The third kappa shape index (κ3) is 2.45. The van der Waals surface area contributed by atoms with Crippen LogP contribution in [0, 0.1) is 0 Å². The number of nitrogen functional groups attached to an aromatic ring is 1. The summed E-state index contributed by atoms with van der Waals surface area (Å²) >= 11 is 7.25. The van der Waals surface area contributed by atoms with Gasteiger partial charge in [-0.3, -0.25) is 0 Å². The Morgan fingerprint density at radius 3 is 2.95 bits per heavy atom. The lowest BCUT2D eigenvalue weighted by atomic mass is 10.2. The van der Waals surface area contributed by atoms with Gasteiger partial charge in [0.25, 0.3) is 0 Å². The molecule has 0 amide bonds. The van der Waals surface area contributed by atoms with Gasteiger partial charge in [-0.25, -0.2) is 9.97 Å². The zero-order chi connectivity index (χ0) is 14.4. The summed E-state index contributed by atoms with van der Waals surface area (Å²) in [5, 5.41) is 0.894. The van der Waals surface area contributed by atoms with Crippen LogP contribution in [-0.4, -0.2) is 15.7 Å². The van der Waals surface area contributed by atoms with Gasteiger partial charge < -0.3 is 5.73 Å². The molecule has 6 heteroatoms. The van der Waals surface area contributed by atoms with Crippen molar-refractivity contribution in [1.29, 1.82) is 0 Å². The van der Waals surface area contributed by atoms with Gasteiger partial charge >= 0.3 is 0 Å². The first-order valence-electron chi connectivity index (χ1n) is 6.63. The molecule has 0 saturated heterocycles. The maximum Gasteiger partial charge on any atom is 0.172 e. The molecule has 3 nitrogen and oxygen atoms in total. The Morgan fingerprint density at radius 1 is 1.19 bits per heavy atom. The highest BCUT2D eigenvalue weighted by molar-refractivity contribution is 9.10. The average molecular weight is 378 g/mol. The van der Waals surface area contributed by atoms with E-state index < -0.39 is 0 Å². The maximum absolute atomic E-state index is 6.11. The molecule has 1 aliphatic heterocycles. The number of anilines is 1. The standard InChI is InChI=1S/C15H12BrN3S2/c16-9-1-2-11-10(6-9)14(17)19-15(18-11)13-5-8-7-20-4-3-12(8)21-13/h1-2,5-6H,3-4,7H2,(H2,17,18,19). The fourth-order valence-corrected chi connectivity index (χ4v) is 5.16. The Bertz CT molecular complexity index is 821. The number of nitrogens with zero attached hydrogens (tertiary/aromatic N) is 2. The van der Waals surface area contributed by atoms with Gasteiger partial charge in [0.15, 0.2) is 5.82 Å². The van der Waals surface area contributed by atoms with Crippen LogP contribution in [0.25, 0.3) is 21.6 Å². The van der Waals surface area contributed by atoms with Crippen LogP contribution in [-0.2, 0) is 12.2 Å². The molecule has 0 saturated carbocycles. The summed E-state index contributed by atoms with van der Waals surface area (Å²) in [4.78, 5) is 11.8. The highest BCUT2D eigenvalue weighted by Gasteiger charge is 2.16.